The first kappa shape index (κ1) is 39.6. The van der Waals surface area contributed by atoms with E-state index in [1.807, 2.05) is 0 Å². The number of rotatable bonds is 8. The van der Waals surface area contributed by atoms with E-state index in [-0.39, 0.29) is 0 Å². The van der Waals surface area contributed by atoms with Crippen molar-refractivity contribution in [1.29, 1.82) is 0 Å². The largest absolute Gasteiger partial charge is 0.394 e. The van der Waals surface area contributed by atoms with E-state index in [4.69, 9.17) is 43.7 Å². The summed E-state index contributed by atoms with van der Waals surface area (Å²) >= 11 is 0. The molecule has 22 nitrogen and oxygen atoms in total. The first-order chi connectivity index (χ1) is 21.6. The van der Waals surface area contributed by atoms with E-state index in [1.165, 1.54) is 0 Å². The average molecular weight is 685 g/mol. The second-order valence-electron chi connectivity index (χ2n) is 11.1. The van der Waals surface area contributed by atoms with Gasteiger partial charge < -0.3 is 110 Å². The Balaban J connectivity index is 0.000000250. The van der Waals surface area contributed by atoms with E-state index < -0.39 is 149 Å². The fourth-order valence-corrected chi connectivity index (χ4v) is 4.96. The van der Waals surface area contributed by atoms with Crippen molar-refractivity contribution in [3.63, 3.8) is 0 Å². The summed E-state index contributed by atoms with van der Waals surface area (Å²) in [6.07, 6.45) is -30.9. The maximum Gasteiger partial charge on any atom is 0.189 e. The van der Waals surface area contributed by atoms with Crippen LogP contribution in [0.1, 0.15) is 0 Å². The molecule has 16 N–H and O–H groups in total. The minimum atomic E-state index is -1.74. The maximum absolute atomic E-state index is 9.84. The van der Waals surface area contributed by atoms with Crippen LogP contribution in [0.5, 0.6) is 0 Å². The maximum atomic E-state index is 9.84. The topological polar surface area (TPSA) is 379 Å². The van der Waals surface area contributed by atoms with Crippen LogP contribution in [-0.2, 0) is 28.4 Å². The highest BCUT2D eigenvalue weighted by Gasteiger charge is 2.50. The van der Waals surface area contributed by atoms with Crippen molar-refractivity contribution in [2.24, 2.45) is 0 Å². The molecule has 4 aliphatic rings. The lowest BCUT2D eigenvalue weighted by atomic mass is 9.98. The Morgan fingerprint density at radius 1 is 0.348 bits per heavy atom. The Kier molecular flexibility index (Phi) is 14.8. The molecule has 0 aliphatic carbocycles. The third-order valence-electron chi connectivity index (χ3n) is 7.93. The molecule has 4 saturated heterocycles. The SMILES string of the molecule is OC[C@H]1O[C@@H](OC[C@H]2O[C@@H](O)[C@H](O)[C@@H](O)[C@@H]2O)[C@H](O)[C@@H](O)[C@@H]1O.OC[C@H]1O[C@H](O[C@H]2O[C@H](CO)[C@@H](O)[C@H](O)[C@H]2O)[C@H](O)[C@@H](O)[C@@H]1O. The number of ether oxygens (including phenoxy) is 6. The number of hydrogen-bond acceptors (Lipinski definition) is 22. The fraction of sp³-hybridized carbons (Fsp3) is 1.00. The highest BCUT2D eigenvalue weighted by atomic mass is 16.8. The van der Waals surface area contributed by atoms with E-state index in [9.17, 15) is 66.4 Å². The van der Waals surface area contributed by atoms with Crippen LogP contribution < -0.4 is 0 Å². The monoisotopic (exact) mass is 684 g/mol. The van der Waals surface area contributed by atoms with Crippen LogP contribution in [-0.4, -0.2) is 231 Å². The first-order valence-electron chi connectivity index (χ1n) is 14.2. The van der Waals surface area contributed by atoms with E-state index >= 15 is 0 Å². The molecule has 0 radical (unpaired) electrons. The lowest BCUT2D eigenvalue weighted by molar-refractivity contribution is -0.376. The summed E-state index contributed by atoms with van der Waals surface area (Å²) in [4.78, 5) is 0. The minimum Gasteiger partial charge on any atom is -0.394 e. The van der Waals surface area contributed by atoms with Gasteiger partial charge >= 0.3 is 0 Å². The molecule has 4 aliphatic heterocycles. The van der Waals surface area contributed by atoms with Crippen LogP contribution in [0.2, 0.25) is 0 Å². The summed E-state index contributed by atoms with van der Waals surface area (Å²) in [6, 6.07) is 0. The van der Waals surface area contributed by atoms with Crippen LogP contribution >= 0.6 is 0 Å². The van der Waals surface area contributed by atoms with Gasteiger partial charge in [-0.1, -0.05) is 0 Å². The second-order valence-corrected chi connectivity index (χ2v) is 11.1. The van der Waals surface area contributed by atoms with Crippen molar-refractivity contribution in [2.75, 3.05) is 26.4 Å². The van der Waals surface area contributed by atoms with Crippen LogP contribution in [0.3, 0.4) is 0 Å². The molecule has 4 rings (SSSR count). The summed E-state index contributed by atoms with van der Waals surface area (Å²) < 4.78 is 30.4. The van der Waals surface area contributed by atoms with Gasteiger partial charge in [-0.15, -0.1) is 0 Å². The Hall–Kier alpha value is -0.880. The lowest BCUT2D eigenvalue weighted by Gasteiger charge is -2.44. The molecular weight excluding hydrogens is 640 g/mol. The standard InChI is InChI=1S/2C12H22O11/c13-1-3-5(14)8(17)10(19)12(23-3)21-2-4-6(15)7(16)9(18)11(20)22-4;13-1-3-5(15)7(17)9(19)11(21-3)23-12-10(20)8(18)6(16)4(2-14)22-12/h2*3-20H,1-2H2/t2*3-,4-,5-,6-,7+,8+,9-,10-,11-,12-/m11/s1. The van der Waals surface area contributed by atoms with Gasteiger partial charge in [0.2, 0.25) is 0 Å². The van der Waals surface area contributed by atoms with E-state index in [2.05, 4.69) is 0 Å². The molecule has 20 atom stereocenters. The molecule has 0 spiro atoms. The quantitative estimate of drug-likeness (QED) is 0.113. The Bertz CT molecular complexity index is 858. The van der Waals surface area contributed by atoms with Gasteiger partial charge in [0.25, 0.3) is 0 Å². The van der Waals surface area contributed by atoms with Crippen molar-refractivity contribution in [3.05, 3.63) is 0 Å². The predicted octanol–water partition coefficient (Wildman–Crippen LogP) is -10.8. The van der Waals surface area contributed by atoms with Gasteiger partial charge in [0.15, 0.2) is 25.2 Å². The molecule has 22 heteroatoms. The van der Waals surface area contributed by atoms with E-state index in [0.717, 1.165) is 0 Å². The molecule has 0 bridgehead atoms. The molecule has 46 heavy (non-hydrogen) atoms. The third-order valence-corrected chi connectivity index (χ3v) is 7.93. The number of hydrogen-bond donors (Lipinski definition) is 16. The normalized spacial score (nSPS) is 51.7. The zero-order chi connectivity index (χ0) is 34.6. The zero-order valence-corrected chi connectivity index (χ0v) is 24.0. The number of aliphatic hydroxyl groups is 16. The smallest absolute Gasteiger partial charge is 0.189 e. The minimum absolute atomic E-state index is 0.468. The van der Waals surface area contributed by atoms with Gasteiger partial charge in [-0.2, -0.15) is 0 Å². The average Bonchev–Trinajstić information content (AvgIpc) is 3.05. The van der Waals surface area contributed by atoms with Crippen LogP contribution in [0, 0.1) is 0 Å². The molecule has 0 amide bonds. The third kappa shape index (κ3) is 8.64. The molecule has 272 valence electrons. The molecule has 4 heterocycles. The number of aliphatic hydroxyl groups excluding tert-OH is 16. The van der Waals surface area contributed by atoms with E-state index in [0.29, 0.717) is 0 Å². The molecule has 4 fully saturated rings. The summed E-state index contributed by atoms with van der Waals surface area (Å²) in [6.45, 7) is -2.43. The summed E-state index contributed by atoms with van der Waals surface area (Å²) in [5.41, 5.74) is 0. The van der Waals surface area contributed by atoms with Gasteiger partial charge in [0, 0.05) is 0 Å². The van der Waals surface area contributed by atoms with Crippen molar-refractivity contribution in [1.82, 2.24) is 0 Å². The summed E-state index contributed by atoms with van der Waals surface area (Å²) in [7, 11) is 0. The van der Waals surface area contributed by atoms with Crippen molar-refractivity contribution >= 4 is 0 Å². The Morgan fingerprint density at radius 3 is 1.07 bits per heavy atom. The molecule has 0 aromatic rings. The van der Waals surface area contributed by atoms with Crippen LogP contribution in [0.4, 0.5) is 0 Å². The predicted molar refractivity (Wildman–Crippen MR) is 137 cm³/mol. The molecular formula is C24H44O22. The summed E-state index contributed by atoms with van der Waals surface area (Å²) in [5, 5.41) is 153. The zero-order valence-electron chi connectivity index (χ0n) is 24.0. The lowest BCUT2D eigenvalue weighted by Crippen LogP contribution is -2.63. The van der Waals surface area contributed by atoms with E-state index in [1.54, 1.807) is 0 Å². The molecule has 0 saturated carbocycles. The van der Waals surface area contributed by atoms with Gasteiger partial charge in [-0.3, -0.25) is 0 Å². The van der Waals surface area contributed by atoms with Gasteiger partial charge in [-0.25, -0.2) is 0 Å². The van der Waals surface area contributed by atoms with Gasteiger partial charge in [-0.05, 0) is 0 Å². The van der Waals surface area contributed by atoms with Gasteiger partial charge in [0.1, 0.15) is 97.7 Å². The second kappa shape index (κ2) is 17.2. The van der Waals surface area contributed by atoms with Crippen LogP contribution in [0.25, 0.3) is 0 Å². The molecule has 0 aromatic carbocycles. The molecule has 0 unspecified atom stereocenters. The van der Waals surface area contributed by atoms with Crippen LogP contribution in [0.15, 0.2) is 0 Å². The highest BCUT2D eigenvalue weighted by molar-refractivity contribution is 4.93. The van der Waals surface area contributed by atoms with Crippen molar-refractivity contribution < 1.29 is 110 Å². The van der Waals surface area contributed by atoms with Crippen molar-refractivity contribution in [3.8, 4) is 0 Å². The first-order valence-corrected chi connectivity index (χ1v) is 14.2. The van der Waals surface area contributed by atoms with Crippen molar-refractivity contribution in [2.45, 2.75) is 123 Å². The Labute approximate surface area is 260 Å². The van der Waals surface area contributed by atoms with Gasteiger partial charge in [0.05, 0.1) is 26.4 Å². The molecule has 0 aromatic heterocycles. The highest BCUT2D eigenvalue weighted by Crippen LogP contribution is 2.28. The Morgan fingerprint density at radius 2 is 0.674 bits per heavy atom. The summed E-state index contributed by atoms with van der Waals surface area (Å²) in [5.74, 6) is 0. The fourth-order valence-electron chi connectivity index (χ4n) is 4.96.